The van der Waals surface area contributed by atoms with E-state index in [4.69, 9.17) is 4.74 Å². The van der Waals surface area contributed by atoms with E-state index in [-0.39, 0.29) is 0 Å². The van der Waals surface area contributed by atoms with Crippen molar-refractivity contribution in [1.82, 2.24) is 0 Å². The fourth-order valence-electron chi connectivity index (χ4n) is 0.784. The molecule has 17 heavy (non-hydrogen) atoms. The van der Waals surface area contributed by atoms with Crippen LogP contribution in [0.1, 0.15) is 34.1 Å². The summed E-state index contributed by atoms with van der Waals surface area (Å²) < 4.78 is 9.36. The van der Waals surface area contributed by atoms with Gasteiger partial charge in [-0.2, -0.15) is 0 Å². The van der Waals surface area contributed by atoms with Crippen LogP contribution in [0.3, 0.4) is 0 Å². The van der Waals surface area contributed by atoms with Gasteiger partial charge in [0.05, 0.1) is 12.8 Å². The molecule has 0 aromatic rings. The van der Waals surface area contributed by atoms with Gasteiger partial charge in [0, 0.05) is 6.08 Å². The second kappa shape index (κ2) is 6.78. The Morgan fingerprint density at radius 2 is 1.82 bits per heavy atom. The van der Waals surface area contributed by atoms with Crippen LogP contribution in [0.4, 0.5) is 4.79 Å². The first kappa shape index (κ1) is 15.3. The zero-order chi connectivity index (χ0) is 13.5. The van der Waals surface area contributed by atoms with Gasteiger partial charge in [-0.25, -0.2) is 9.59 Å². The molecule has 6 heteroatoms. The highest BCUT2D eigenvalue weighted by Gasteiger charge is 2.15. The van der Waals surface area contributed by atoms with Crippen LogP contribution in [0.25, 0.3) is 0 Å². The average Bonchev–Trinajstić information content (AvgIpc) is 2.21. The zero-order valence-electron chi connectivity index (χ0n) is 10.8. The summed E-state index contributed by atoms with van der Waals surface area (Å²) in [4.78, 5) is 22.1. The molecule has 0 atom stereocenters. The maximum Gasteiger partial charge on any atom is 0.452 e. The molecule has 1 amide bonds. The van der Waals surface area contributed by atoms with Crippen LogP contribution < -0.4 is 0 Å². The second-order valence-electron chi connectivity index (χ2n) is 4.19. The van der Waals surface area contributed by atoms with Crippen LogP contribution in [0.2, 0.25) is 0 Å². The van der Waals surface area contributed by atoms with E-state index in [9.17, 15) is 9.59 Å². The normalized spacial score (nSPS) is 12.6. The van der Waals surface area contributed by atoms with Crippen LogP contribution in [-0.2, 0) is 14.3 Å². The summed E-state index contributed by atoms with van der Waals surface area (Å²) in [7, 11) is 1.26. The molecule has 0 aliphatic carbocycles. The molecule has 0 aromatic heterocycles. The number of hydrogen-bond donors (Lipinski definition) is 0. The Labute approximate surface area is 101 Å². The third-order valence-electron chi connectivity index (χ3n) is 1.50. The van der Waals surface area contributed by atoms with E-state index in [1.165, 1.54) is 13.2 Å². The van der Waals surface area contributed by atoms with Crippen molar-refractivity contribution in [3.8, 4) is 0 Å². The van der Waals surface area contributed by atoms with Crippen LogP contribution in [0.15, 0.2) is 22.0 Å². The zero-order valence-corrected chi connectivity index (χ0v) is 10.8. The number of allylic oxidation sites excluding steroid dienone is 1. The largest absolute Gasteiger partial charge is 0.466 e. The predicted octanol–water partition coefficient (Wildman–Crippen LogP) is 2.84. The van der Waals surface area contributed by atoms with Crippen LogP contribution in [0, 0.1) is 0 Å². The molecule has 6 nitrogen and oxygen atoms in total. The van der Waals surface area contributed by atoms with Crippen LogP contribution in [-0.4, -0.2) is 24.8 Å². The standard InChI is InChI=1S/C11H18N2O4/c1-6-8(7-9(14)16-5)12-13-10(15)17-11(2,3)4/h7H,6H2,1-5H3/b8-7+,13-12+. The number of methoxy groups -OCH3 is 1. The van der Waals surface area contributed by atoms with Crippen molar-refractivity contribution in [2.75, 3.05) is 7.11 Å². The molecule has 0 unspecified atom stereocenters. The molecule has 0 bridgehead atoms. The van der Waals surface area contributed by atoms with E-state index in [0.29, 0.717) is 12.1 Å². The van der Waals surface area contributed by atoms with Crippen LogP contribution >= 0.6 is 0 Å². The Kier molecular flexibility index (Phi) is 6.09. The second-order valence-corrected chi connectivity index (χ2v) is 4.19. The van der Waals surface area contributed by atoms with E-state index in [1.807, 2.05) is 0 Å². The molecule has 0 rings (SSSR count). The van der Waals surface area contributed by atoms with Gasteiger partial charge in [0.1, 0.15) is 5.60 Å². The van der Waals surface area contributed by atoms with Crippen LogP contribution in [0.5, 0.6) is 0 Å². The maximum absolute atomic E-state index is 11.2. The van der Waals surface area contributed by atoms with E-state index >= 15 is 0 Å². The monoisotopic (exact) mass is 242 g/mol. The molecule has 0 aromatic carbocycles. The van der Waals surface area contributed by atoms with Gasteiger partial charge >= 0.3 is 12.1 Å². The Morgan fingerprint density at radius 1 is 1.24 bits per heavy atom. The number of carbonyl (C=O) groups is 2. The number of rotatable bonds is 3. The predicted molar refractivity (Wildman–Crippen MR) is 61.5 cm³/mol. The first-order chi connectivity index (χ1) is 7.78. The number of azo groups is 1. The molecule has 96 valence electrons. The van der Waals surface area contributed by atoms with Gasteiger partial charge in [-0.15, -0.1) is 5.11 Å². The van der Waals surface area contributed by atoms with Gasteiger partial charge in [0.25, 0.3) is 0 Å². The van der Waals surface area contributed by atoms with Crippen molar-refractivity contribution in [2.24, 2.45) is 10.2 Å². The van der Waals surface area contributed by atoms with E-state index < -0.39 is 17.7 Å². The molecular formula is C11H18N2O4. The van der Waals surface area contributed by atoms with Gasteiger partial charge in [-0.3, -0.25) is 0 Å². The van der Waals surface area contributed by atoms with Crippen molar-refractivity contribution in [3.05, 3.63) is 11.8 Å². The first-order valence-corrected chi connectivity index (χ1v) is 5.21. The number of esters is 1. The lowest BCUT2D eigenvalue weighted by atomic mass is 10.2. The number of carbonyl (C=O) groups excluding carboxylic acids is 2. The van der Waals surface area contributed by atoms with Crippen molar-refractivity contribution in [3.63, 3.8) is 0 Å². The molecular weight excluding hydrogens is 224 g/mol. The first-order valence-electron chi connectivity index (χ1n) is 5.21. The number of nitrogens with zero attached hydrogens (tertiary/aromatic N) is 2. The summed E-state index contributed by atoms with van der Waals surface area (Å²) in [5.74, 6) is -0.537. The summed E-state index contributed by atoms with van der Waals surface area (Å²) in [5, 5.41) is 6.98. The maximum atomic E-state index is 11.2. The summed E-state index contributed by atoms with van der Waals surface area (Å²) in [6.45, 7) is 6.96. The third-order valence-corrected chi connectivity index (χ3v) is 1.50. The molecule has 0 saturated heterocycles. The van der Waals surface area contributed by atoms with Gasteiger partial charge in [0.2, 0.25) is 0 Å². The highest BCUT2D eigenvalue weighted by Crippen LogP contribution is 2.10. The van der Waals surface area contributed by atoms with Gasteiger partial charge < -0.3 is 9.47 Å². The fourth-order valence-corrected chi connectivity index (χ4v) is 0.784. The average molecular weight is 242 g/mol. The lowest BCUT2D eigenvalue weighted by molar-refractivity contribution is -0.134. The molecule has 0 aliphatic heterocycles. The minimum atomic E-state index is -0.790. The smallest absolute Gasteiger partial charge is 0.452 e. The molecule has 0 aliphatic rings. The molecule has 0 N–H and O–H groups in total. The van der Waals surface area contributed by atoms with E-state index in [2.05, 4.69) is 15.0 Å². The fraction of sp³-hybridized carbons (Fsp3) is 0.636. The summed E-state index contributed by atoms with van der Waals surface area (Å²) in [5.41, 5.74) is -0.267. The Balaban J connectivity index is 4.53. The molecule has 0 saturated carbocycles. The minimum absolute atomic E-state index is 0.350. The SMILES string of the molecule is CCC(=C\C(=O)OC)/N=N/C(=O)OC(C)(C)C. The minimum Gasteiger partial charge on any atom is -0.466 e. The van der Waals surface area contributed by atoms with E-state index in [1.54, 1.807) is 27.7 Å². The lowest BCUT2D eigenvalue weighted by Crippen LogP contribution is -2.21. The van der Waals surface area contributed by atoms with E-state index in [0.717, 1.165) is 0 Å². The molecule has 0 fully saturated rings. The molecule has 0 spiro atoms. The summed E-state index contributed by atoms with van der Waals surface area (Å²) in [6.07, 6.45) is 0.844. The number of ether oxygens (including phenoxy) is 2. The Bertz CT molecular complexity index is 340. The van der Waals surface area contributed by atoms with Crippen molar-refractivity contribution < 1.29 is 19.1 Å². The molecule has 0 heterocycles. The number of hydrogen-bond acceptors (Lipinski definition) is 5. The van der Waals surface area contributed by atoms with Crippen molar-refractivity contribution in [2.45, 2.75) is 39.7 Å². The van der Waals surface area contributed by atoms with Gasteiger partial charge in [-0.1, -0.05) is 12.0 Å². The summed E-state index contributed by atoms with van der Waals surface area (Å²) in [6, 6.07) is 0. The lowest BCUT2D eigenvalue weighted by Gasteiger charge is -2.16. The quantitative estimate of drug-likeness (QED) is 0.433. The highest BCUT2D eigenvalue weighted by molar-refractivity contribution is 5.82. The Hall–Kier alpha value is -1.72. The van der Waals surface area contributed by atoms with Crippen molar-refractivity contribution in [1.29, 1.82) is 0 Å². The highest BCUT2D eigenvalue weighted by atomic mass is 16.6. The third kappa shape index (κ3) is 8.12. The Morgan fingerprint density at radius 3 is 2.24 bits per heavy atom. The number of amides is 1. The summed E-state index contributed by atoms with van der Waals surface area (Å²) >= 11 is 0. The van der Waals surface area contributed by atoms with Gasteiger partial charge in [-0.05, 0) is 27.2 Å². The molecule has 0 radical (unpaired) electrons. The topological polar surface area (TPSA) is 77.3 Å². The van der Waals surface area contributed by atoms with Gasteiger partial charge in [0.15, 0.2) is 0 Å². The van der Waals surface area contributed by atoms with Crippen molar-refractivity contribution >= 4 is 12.1 Å².